The summed E-state index contributed by atoms with van der Waals surface area (Å²) < 4.78 is 2.81. The number of carbonyl (C=O) groups is 1. The van der Waals surface area contributed by atoms with Crippen LogP contribution >= 0.6 is 22.6 Å². The minimum atomic E-state index is -1.26. The molecule has 0 bridgehead atoms. The number of hydrogen-bond donors (Lipinski definition) is 2. The van der Waals surface area contributed by atoms with Gasteiger partial charge in [-0.25, -0.2) is 4.79 Å². The summed E-state index contributed by atoms with van der Waals surface area (Å²) in [5, 5.41) is 19.5. The van der Waals surface area contributed by atoms with Crippen molar-refractivity contribution in [2.75, 3.05) is 0 Å². The quantitative estimate of drug-likeness (QED) is 0.551. The zero-order valence-corrected chi connectivity index (χ0v) is 17.2. The van der Waals surface area contributed by atoms with Crippen molar-refractivity contribution in [1.82, 2.24) is 4.57 Å². The molecule has 0 saturated carbocycles. The molecule has 0 saturated heterocycles. The van der Waals surface area contributed by atoms with Crippen LogP contribution in [0.2, 0.25) is 0 Å². The van der Waals surface area contributed by atoms with Gasteiger partial charge in [0.05, 0.1) is 11.6 Å². The lowest BCUT2D eigenvalue weighted by atomic mass is 9.99. The number of halogens is 1. The summed E-state index contributed by atoms with van der Waals surface area (Å²) in [6, 6.07) is 11.6. The van der Waals surface area contributed by atoms with Crippen LogP contribution in [0, 0.1) is 10.5 Å². The van der Waals surface area contributed by atoms with Gasteiger partial charge in [0.1, 0.15) is 5.56 Å². The van der Waals surface area contributed by atoms with E-state index >= 15 is 0 Å². The Kier molecular flexibility index (Phi) is 5.67. The number of pyridine rings is 1. The topological polar surface area (TPSA) is 79.5 Å². The van der Waals surface area contributed by atoms with Crippen LogP contribution < -0.4 is 5.43 Å². The summed E-state index contributed by atoms with van der Waals surface area (Å²) in [7, 11) is 0. The van der Waals surface area contributed by atoms with E-state index in [1.807, 2.05) is 24.3 Å². The maximum absolute atomic E-state index is 12.7. The number of nitrogens with zero attached hydrogens (tertiary/aromatic N) is 1. The van der Waals surface area contributed by atoms with Gasteiger partial charge in [-0.15, -0.1) is 0 Å². The summed E-state index contributed by atoms with van der Waals surface area (Å²) in [4.78, 5) is 24.2. The lowest BCUT2D eigenvalue weighted by Crippen LogP contribution is -2.21. The molecule has 2 N–H and O–H groups in total. The van der Waals surface area contributed by atoms with E-state index in [9.17, 15) is 19.8 Å². The summed E-state index contributed by atoms with van der Waals surface area (Å²) in [5.41, 5.74) is 3.14. The number of aromatic nitrogens is 1. The lowest BCUT2D eigenvalue weighted by molar-refractivity contribution is 0.0694. The molecule has 0 aliphatic heterocycles. The van der Waals surface area contributed by atoms with Crippen molar-refractivity contribution in [2.24, 2.45) is 0 Å². The second kappa shape index (κ2) is 7.82. The van der Waals surface area contributed by atoms with Gasteiger partial charge in [-0.05, 0) is 77.7 Å². The number of carboxylic acid groups (broad SMARTS) is 1. The molecule has 0 amide bonds. The van der Waals surface area contributed by atoms with Gasteiger partial charge in [0.15, 0.2) is 0 Å². The number of aliphatic hydroxyl groups excluding tert-OH is 1. The third-order valence-electron chi connectivity index (χ3n) is 4.61. The first kappa shape index (κ1) is 19.6. The first-order chi connectivity index (χ1) is 12.8. The molecule has 27 heavy (non-hydrogen) atoms. The van der Waals surface area contributed by atoms with Gasteiger partial charge in [-0.1, -0.05) is 18.2 Å². The molecule has 0 aliphatic carbocycles. The number of fused-ring (bicyclic) bond motifs is 1. The number of rotatable bonds is 5. The van der Waals surface area contributed by atoms with Gasteiger partial charge in [0.2, 0.25) is 5.43 Å². The van der Waals surface area contributed by atoms with Crippen molar-refractivity contribution in [2.45, 2.75) is 32.9 Å². The number of aliphatic hydroxyl groups is 1. The minimum absolute atomic E-state index is 0.215. The van der Waals surface area contributed by atoms with E-state index < -0.39 is 17.5 Å². The zero-order valence-electron chi connectivity index (χ0n) is 15.1. The molecule has 6 heteroatoms. The summed E-state index contributed by atoms with van der Waals surface area (Å²) in [6.45, 7) is 3.90. The number of benzene rings is 2. The zero-order chi connectivity index (χ0) is 19.7. The Balaban J connectivity index is 2.15. The third kappa shape index (κ3) is 4.06. The van der Waals surface area contributed by atoms with Gasteiger partial charge < -0.3 is 14.8 Å². The Bertz CT molecular complexity index is 1090. The van der Waals surface area contributed by atoms with E-state index in [0.29, 0.717) is 17.3 Å². The fourth-order valence-corrected chi connectivity index (χ4v) is 3.76. The molecule has 1 aromatic heterocycles. The van der Waals surface area contributed by atoms with Crippen molar-refractivity contribution in [1.29, 1.82) is 0 Å². The average Bonchev–Trinajstić information content (AvgIpc) is 2.61. The van der Waals surface area contributed by atoms with E-state index in [1.165, 1.54) is 20.9 Å². The molecule has 140 valence electrons. The standard InChI is InChI=1S/C21H20INO4/c1-12(24)10-23-11-17(21(26)27)20(25)16-9-14(6-7-19(16)23)8-15-4-3-5-18(22)13(15)2/h3-7,9,11-12,24H,8,10H2,1-2H3,(H,26,27). The van der Waals surface area contributed by atoms with E-state index in [-0.39, 0.29) is 12.1 Å². The molecular formula is C21H20INO4. The molecule has 0 aliphatic rings. The fraction of sp³-hybridized carbons (Fsp3) is 0.238. The van der Waals surface area contributed by atoms with Gasteiger partial charge in [-0.3, -0.25) is 4.79 Å². The molecule has 1 heterocycles. The molecule has 3 rings (SSSR count). The monoisotopic (exact) mass is 477 g/mol. The predicted octanol–water partition coefficient (Wildman–Crippen LogP) is 3.58. The lowest BCUT2D eigenvalue weighted by Gasteiger charge is -2.15. The smallest absolute Gasteiger partial charge is 0.341 e. The maximum Gasteiger partial charge on any atom is 0.341 e. The van der Waals surface area contributed by atoms with Crippen LogP contribution in [0.4, 0.5) is 0 Å². The van der Waals surface area contributed by atoms with Crippen LogP contribution in [0.3, 0.4) is 0 Å². The third-order valence-corrected chi connectivity index (χ3v) is 5.78. The highest BCUT2D eigenvalue weighted by molar-refractivity contribution is 14.1. The maximum atomic E-state index is 12.7. The largest absolute Gasteiger partial charge is 0.477 e. The second-order valence-corrected chi connectivity index (χ2v) is 7.89. The van der Waals surface area contributed by atoms with Crippen LogP contribution in [0.5, 0.6) is 0 Å². The van der Waals surface area contributed by atoms with E-state index in [2.05, 4.69) is 35.6 Å². The van der Waals surface area contributed by atoms with Crippen LogP contribution in [0.15, 0.2) is 47.4 Å². The Labute approximate surface area is 170 Å². The van der Waals surface area contributed by atoms with Crippen molar-refractivity contribution in [3.05, 3.63) is 78.6 Å². The van der Waals surface area contributed by atoms with Crippen LogP contribution in [-0.2, 0) is 13.0 Å². The Hall–Kier alpha value is -2.19. The van der Waals surface area contributed by atoms with Crippen molar-refractivity contribution in [3.63, 3.8) is 0 Å². The molecule has 0 radical (unpaired) electrons. The number of aromatic carboxylic acids is 1. The summed E-state index contributed by atoms with van der Waals surface area (Å²) >= 11 is 2.30. The van der Waals surface area contributed by atoms with Crippen molar-refractivity contribution in [3.8, 4) is 0 Å². The van der Waals surface area contributed by atoms with Crippen LogP contribution in [0.1, 0.15) is 34.0 Å². The van der Waals surface area contributed by atoms with Crippen LogP contribution in [0.25, 0.3) is 10.9 Å². The fourth-order valence-electron chi connectivity index (χ4n) is 3.21. The van der Waals surface area contributed by atoms with E-state index in [0.717, 1.165) is 5.56 Å². The van der Waals surface area contributed by atoms with Crippen LogP contribution in [-0.4, -0.2) is 26.9 Å². The average molecular weight is 477 g/mol. The highest BCUT2D eigenvalue weighted by atomic mass is 127. The highest BCUT2D eigenvalue weighted by Crippen LogP contribution is 2.21. The molecule has 1 unspecified atom stereocenters. The van der Waals surface area contributed by atoms with Gasteiger partial charge in [0, 0.05) is 21.7 Å². The first-order valence-electron chi connectivity index (χ1n) is 8.59. The van der Waals surface area contributed by atoms with Gasteiger partial charge in [0.25, 0.3) is 0 Å². The molecule has 1 atom stereocenters. The Morgan fingerprint density at radius 1 is 1.26 bits per heavy atom. The van der Waals surface area contributed by atoms with E-state index in [1.54, 1.807) is 17.6 Å². The minimum Gasteiger partial charge on any atom is -0.477 e. The Morgan fingerprint density at radius 2 is 2.00 bits per heavy atom. The molecule has 0 fully saturated rings. The number of carboxylic acids is 1. The van der Waals surface area contributed by atoms with E-state index in [4.69, 9.17) is 0 Å². The van der Waals surface area contributed by atoms with Crippen molar-refractivity contribution < 1.29 is 15.0 Å². The molecule has 5 nitrogen and oxygen atoms in total. The highest BCUT2D eigenvalue weighted by Gasteiger charge is 2.16. The van der Waals surface area contributed by atoms with Gasteiger partial charge >= 0.3 is 5.97 Å². The Morgan fingerprint density at radius 3 is 2.67 bits per heavy atom. The summed E-state index contributed by atoms with van der Waals surface area (Å²) in [6.07, 6.45) is 1.31. The number of hydrogen-bond acceptors (Lipinski definition) is 3. The molecular weight excluding hydrogens is 457 g/mol. The second-order valence-electron chi connectivity index (χ2n) is 6.73. The normalized spacial score (nSPS) is 12.3. The molecule has 3 aromatic rings. The van der Waals surface area contributed by atoms with Gasteiger partial charge in [-0.2, -0.15) is 0 Å². The molecule has 2 aromatic carbocycles. The molecule has 0 spiro atoms. The predicted molar refractivity (Wildman–Crippen MR) is 114 cm³/mol. The van der Waals surface area contributed by atoms with Crippen molar-refractivity contribution >= 4 is 39.5 Å². The first-order valence-corrected chi connectivity index (χ1v) is 9.67. The SMILES string of the molecule is Cc1c(I)cccc1Cc1ccc2c(c1)c(=O)c(C(=O)O)cn2CC(C)O. The summed E-state index contributed by atoms with van der Waals surface area (Å²) in [5.74, 6) is -1.26.